The Morgan fingerprint density at radius 3 is 3.04 bits per heavy atom. The van der Waals surface area contributed by atoms with Gasteiger partial charge in [0, 0.05) is 25.8 Å². The van der Waals surface area contributed by atoms with Gasteiger partial charge in [0.25, 0.3) is 5.91 Å². The number of nitrogens with zero attached hydrogens (tertiary/aromatic N) is 4. The second-order valence-corrected chi connectivity index (χ2v) is 5.92. The Morgan fingerprint density at radius 2 is 2.33 bits per heavy atom. The predicted molar refractivity (Wildman–Crippen MR) is 90.3 cm³/mol. The van der Waals surface area contributed by atoms with Crippen molar-refractivity contribution in [2.45, 2.75) is 19.4 Å². The van der Waals surface area contributed by atoms with E-state index in [-0.39, 0.29) is 12.0 Å². The number of pyridine rings is 1. The van der Waals surface area contributed by atoms with Gasteiger partial charge in [0.1, 0.15) is 0 Å². The van der Waals surface area contributed by atoms with E-state index in [4.69, 9.17) is 4.74 Å². The molecule has 24 heavy (non-hydrogen) atoms. The Labute approximate surface area is 141 Å². The van der Waals surface area contributed by atoms with Crippen molar-refractivity contribution in [3.05, 3.63) is 41.9 Å². The highest BCUT2D eigenvalue weighted by atomic mass is 16.5. The van der Waals surface area contributed by atoms with Crippen LogP contribution in [-0.2, 0) is 11.2 Å². The largest absolute Gasteiger partial charge is 0.374 e. The summed E-state index contributed by atoms with van der Waals surface area (Å²) < 4.78 is 7.40. The van der Waals surface area contributed by atoms with Crippen molar-refractivity contribution >= 4 is 5.91 Å². The Morgan fingerprint density at radius 1 is 1.46 bits per heavy atom. The van der Waals surface area contributed by atoms with E-state index in [1.807, 2.05) is 25.1 Å². The lowest BCUT2D eigenvalue weighted by Crippen LogP contribution is -2.46. The number of carbonyl (C=O) groups is 1. The van der Waals surface area contributed by atoms with Crippen molar-refractivity contribution in [3.63, 3.8) is 0 Å². The topological polar surface area (TPSA) is 72.3 Å². The fraction of sp³-hybridized carbons (Fsp3) is 0.471. The quantitative estimate of drug-likeness (QED) is 0.882. The molecule has 1 N–H and O–H groups in total. The third kappa shape index (κ3) is 3.63. The second-order valence-electron chi connectivity index (χ2n) is 5.92. The molecule has 7 nitrogen and oxygen atoms in total. The summed E-state index contributed by atoms with van der Waals surface area (Å²) in [5.41, 5.74) is 1.44. The van der Waals surface area contributed by atoms with E-state index in [0.717, 1.165) is 18.8 Å². The first-order chi connectivity index (χ1) is 11.7. The van der Waals surface area contributed by atoms with Gasteiger partial charge >= 0.3 is 0 Å². The summed E-state index contributed by atoms with van der Waals surface area (Å²) in [6.45, 7) is 4.97. The standard InChI is InChI=1S/C17H23N5O2/c1-3-15-14(11-20-22(15)16-6-4-5-7-18-16)17(23)19-10-13-12-21(2)8-9-24-13/h4-7,11,13H,3,8-10,12H2,1-2H3,(H,19,23)/t13-/m1/s1. The summed E-state index contributed by atoms with van der Waals surface area (Å²) in [5.74, 6) is 0.594. The van der Waals surface area contributed by atoms with Crippen LogP contribution in [0.1, 0.15) is 23.0 Å². The molecule has 1 fully saturated rings. The summed E-state index contributed by atoms with van der Waals surface area (Å²) in [6.07, 6.45) is 4.05. The molecular formula is C17H23N5O2. The number of hydrogen-bond acceptors (Lipinski definition) is 5. The SMILES string of the molecule is CCc1c(C(=O)NC[C@@H]2CN(C)CCO2)cnn1-c1ccccn1. The maximum absolute atomic E-state index is 12.5. The molecule has 0 unspecified atom stereocenters. The lowest BCUT2D eigenvalue weighted by atomic mass is 10.2. The van der Waals surface area contributed by atoms with Gasteiger partial charge in [-0.2, -0.15) is 5.10 Å². The molecule has 1 aliphatic rings. The minimum absolute atomic E-state index is 0.0311. The summed E-state index contributed by atoms with van der Waals surface area (Å²) in [7, 11) is 2.06. The minimum Gasteiger partial charge on any atom is -0.374 e. The molecule has 128 valence electrons. The van der Waals surface area contributed by atoms with Crippen LogP contribution < -0.4 is 5.32 Å². The Kier molecular flexibility index (Phi) is 5.22. The number of likely N-dealkylation sites (N-methyl/N-ethyl adjacent to an activating group) is 1. The normalized spacial score (nSPS) is 18.5. The molecule has 0 aromatic carbocycles. The van der Waals surface area contributed by atoms with Gasteiger partial charge in [-0.15, -0.1) is 0 Å². The first kappa shape index (κ1) is 16.6. The molecule has 1 aliphatic heterocycles. The van der Waals surface area contributed by atoms with Crippen molar-refractivity contribution < 1.29 is 9.53 Å². The number of carbonyl (C=O) groups excluding carboxylic acids is 1. The molecule has 1 amide bonds. The summed E-state index contributed by atoms with van der Waals surface area (Å²) in [6, 6.07) is 5.63. The lowest BCUT2D eigenvalue weighted by Gasteiger charge is -2.30. The number of ether oxygens (including phenoxy) is 1. The van der Waals surface area contributed by atoms with Crippen LogP contribution in [0.3, 0.4) is 0 Å². The van der Waals surface area contributed by atoms with Crippen LogP contribution in [-0.4, -0.2) is 65.0 Å². The van der Waals surface area contributed by atoms with Gasteiger partial charge in [-0.25, -0.2) is 9.67 Å². The summed E-state index contributed by atoms with van der Waals surface area (Å²) >= 11 is 0. The van der Waals surface area contributed by atoms with Crippen LogP contribution in [0.15, 0.2) is 30.6 Å². The van der Waals surface area contributed by atoms with E-state index >= 15 is 0 Å². The molecule has 1 atom stereocenters. The molecule has 3 heterocycles. The average Bonchev–Trinajstić information content (AvgIpc) is 3.04. The molecule has 0 aliphatic carbocycles. The van der Waals surface area contributed by atoms with E-state index in [9.17, 15) is 4.79 Å². The van der Waals surface area contributed by atoms with Gasteiger partial charge in [-0.1, -0.05) is 13.0 Å². The lowest BCUT2D eigenvalue weighted by molar-refractivity contribution is -0.0175. The molecule has 2 aromatic rings. The average molecular weight is 329 g/mol. The van der Waals surface area contributed by atoms with E-state index < -0.39 is 0 Å². The van der Waals surface area contributed by atoms with Crippen LogP contribution in [0, 0.1) is 0 Å². The zero-order valence-electron chi connectivity index (χ0n) is 14.1. The van der Waals surface area contributed by atoms with Gasteiger partial charge in [-0.3, -0.25) is 4.79 Å². The highest BCUT2D eigenvalue weighted by molar-refractivity contribution is 5.95. The third-order valence-corrected chi connectivity index (χ3v) is 4.15. The minimum atomic E-state index is -0.120. The third-order valence-electron chi connectivity index (χ3n) is 4.15. The van der Waals surface area contributed by atoms with Crippen LogP contribution in [0.25, 0.3) is 5.82 Å². The summed E-state index contributed by atoms with van der Waals surface area (Å²) in [5, 5.41) is 7.30. The number of nitrogens with one attached hydrogen (secondary N) is 1. The van der Waals surface area contributed by atoms with Crippen LogP contribution in [0.4, 0.5) is 0 Å². The number of amides is 1. The highest BCUT2D eigenvalue weighted by Crippen LogP contribution is 2.14. The van der Waals surface area contributed by atoms with Gasteiger partial charge < -0.3 is 15.0 Å². The van der Waals surface area contributed by atoms with Gasteiger partial charge in [0.05, 0.1) is 30.2 Å². The molecule has 7 heteroatoms. The Balaban J connectivity index is 1.70. The molecule has 0 saturated carbocycles. The van der Waals surface area contributed by atoms with E-state index in [2.05, 4.69) is 27.3 Å². The van der Waals surface area contributed by atoms with Crippen molar-refractivity contribution in [3.8, 4) is 5.82 Å². The molecular weight excluding hydrogens is 306 g/mol. The van der Waals surface area contributed by atoms with Gasteiger partial charge in [-0.05, 0) is 25.6 Å². The maximum atomic E-state index is 12.5. The summed E-state index contributed by atoms with van der Waals surface area (Å²) in [4.78, 5) is 19.0. The Hall–Kier alpha value is -2.25. The van der Waals surface area contributed by atoms with Crippen molar-refractivity contribution in [2.24, 2.45) is 0 Å². The van der Waals surface area contributed by atoms with Crippen LogP contribution >= 0.6 is 0 Å². The zero-order chi connectivity index (χ0) is 16.9. The second kappa shape index (κ2) is 7.55. The van der Waals surface area contributed by atoms with Crippen LogP contribution in [0.5, 0.6) is 0 Å². The molecule has 3 rings (SSSR count). The first-order valence-electron chi connectivity index (χ1n) is 8.25. The first-order valence-corrected chi connectivity index (χ1v) is 8.25. The highest BCUT2D eigenvalue weighted by Gasteiger charge is 2.21. The van der Waals surface area contributed by atoms with Crippen molar-refractivity contribution in [1.29, 1.82) is 0 Å². The smallest absolute Gasteiger partial charge is 0.254 e. The van der Waals surface area contributed by atoms with E-state index in [1.165, 1.54) is 0 Å². The number of hydrogen-bond donors (Lipinski definition) is 1. The van der Waals surface area contributed by atoms with E-state index in [0.29, 0.717) is 31.0 Å². The van der Waals surface area contributed by atoms with Gasteiger partial charge in [0.15, 0.2) is 5.82 Å². The molecule has 0 bridgehead atoms. The predicted octanol–water partition coefficient (Wildman–Crippen LogP) is 0.890. The number of morpholine rings is 1. The monoisotopic (exact) mass is 329 g/mol. The fourth-order valence-corrected chi connectivity index (χ4v) is 2.87. The number of aromatic nitrogens is 3. The van der Waals surface area contributed by atoms with Crippen LogP contribution in [0.2, 0.25) is 0 Å². The van der Waals surface area contributed by atoms with Gasteiger partial charge in [0.2, 0.25) is 0 Å². The molecule has 0 spiro atoms. The molecule has 1 saturated heterocycles. The molecule has 0 radical (unpaired) electrons. The Bertz CT molecular complexity index is 686. The maximum Gasteiger partial charge on any atom is 0.254 e. The van der Waals surface area contributed by atoms with E-state index in [1.54, 1.807) is 17.1 Å². The zero-order valence-corrected chi connectivity index (χ0v) is 14.1. The van der Waals surface area contributed by atoms with Crippen molar-refractivity contribution in [1.82, 2.24) is 25.0 Å². The fourth-order valence-electron chi connectivity index (χ4n) is 2.87. The molecule has 2 aromatic heterocycles. The van der Waals surface area contributed by atoms with Crippen molar-refractivity contribution in [2.75, 3.05) is 33.3 Å². The number of rotatable bonds is 5.